The van der Waals surface area contributed by atoms with Gasteiger partial charge in [0.25, 0.3) is 0 Å². The highest BCUT2D eigenvalue weighted by Crippen LogP contribution is 2.72. The van der Waals surface area contributed by atoms with Crippen molar-refractivity contribution in [3.63, 3.8) is 0 Å². The molecule has 0 aliphatic heterocycles. The van der Waals surface area contributed by atoms with Crippen LogP contribution in [0.2, 0.25) is 0 Å². The second kappa shape index (κ2) is 1.44. The maximum atomic E-state index is 2.48. The second-order valence-corrected chi connectivity index (χ2v) is 4.78. The van der Waals surface area contributed by atoms with Gasteiger partial charge in [0.2, 0.25) is 0 Å². The van der Waals surface area contributed by atoms with Crippen molar-refractivity contribution in [2.45, 2.75) is 26.7 Å². The van der Waals surface area contributed by atoms with Gasteiger partial charge in [-0.1, -0.05) is 13.8 Å². The van der Waals surface area contributed by atoms with Crippen LogP contribution in [-0.2, 0) is 0 Å². The van der Waals surface area contributed by atoms with Crippen LogP contribution < -0.4 is 0 Å². The summed E-state index contributed by atoms with van der Waals surface area (Å²) in [7, 11) is 0. The van der Waals surface area contributed by atoms with Crippen molar-refractivity contribution in [2.24, 2.45) is 35.5 Å². The van der Waals surface area contributed by atoms with Crippen LogP contribution in [0.5, 0.6) is 0 Å². The van der Waals surface area contributed by atoms with Crippen LogP contribution in [-0.4, -0.2) is 0 Å². The van der Waals surface area contributed by atoms with Crippen LogP contribution in [0, 0.1) is 35.5 Å². The van der Waals surface area contributed by atoms with E-state index in [1.807, 2.05) is 0 Å². The molecule has 3 aliphatic rings. The lowest BCUT2D eigenvalue weighted by atomic mass is 9.88. The first-order valence-corrected chi connectivity index (χ1v) is 4.80. The van der Waals surface area contributed by atoms with Crippen LogP contribution in [0.1, 0.15) is 26.7 Å². The van der Waals surface area contributed by atoms with Crippen LogP contribution in [0.15, 0.2) is 0 Å². The lowest BCUT2D eigenvalue weighted by Gasteiger charge is -2.17. The molecule has 0 bridgehead atoms. The molecule has 0 aromatic heterocycles. The van der Waals surface area contributed by atoms with E-state index in [0.717, 1.165) is 17.8 Å². The van der Waals surface area contributed by atoms with E-state index < -0.39 is 0 Å². The van der Waals surface area contributed by atoms with Gasteiger partial charge < -0.3 is 0 Å². The summed E-state index contributed by atoms with van der Waals surface area (Å²) in [6, 6.07) is 0. The SMILES string of the molecule is CC1C(C)[C@@H]2[C@H]3CCC1[C@@H]32. The summed E-state index contributed by atoms with van der Waals surface area (Å²) in [5.74, 6) is 6.90. The molecular weight excluding hydrogens is 120 g/mol. The normalized spacial score (nSPS) is 70.2. The zero-order valence-corrected chi connectivity index (χ0v) is 6.88. The Balaban J connectivity index is 1.97. The zero-order valence-electron chi connectivity index (χ0n) is 6.88. The smallest absolute Gasteiger partial charge is 0.0318 e. The molecule has 0 aromatic carbocycles. The van der Waals surface area contributed by atoms with E-state index in [4.69, 9.17) is 0 Å². The Morgan fingerprint density at radius 1 is 0.800 bits per heavy atom. The molecule has 0 N–H and O–H groups in total. The number of hydrogen-bond donors (Lipinski definition) is 0. The van der Waals surface area contributed by atoms with Gasteiger partial charge in [-0.05, 0) is 48.3 Å². The van der Waals surface area contributed by atoms with Gasteiger partial charge in [-0.3, -0.25) is 0 Å². The first-order chi connectivity index (χ1) is 4.80. The first-order valence-electron chi connectivity index (χ1n) is 4.80. The maximum Gasteiger partial charge on any atom is -0.0318 e. The maximum absolute atomic E-state index is 2.48. The summed E-state index contributed by atoms with van der Waals surface area (Å²) in [6.07, 6.45) is 3.14. The molecule has 0 spiro atoms. The van der Waals surface area contributed by atoms with Gasteiger partial charge in [-0.25, -0.2) is 0 Å². The minimum atomic E-state index is 1.06. The third-order valence-electron chi connectivity index (χ3n) is 4.73. The largest absolute Gasteiger partial charge is 0.0620 e. The molecule has 6 atom stereocenters. The summed E-state index contributed by atoms with van der Waals surface area (Å²) in [4.78, 5) is 0. The third-order valence-corrected chi connectivity index (χ3v) is 4.73. The third kappa shape index (κ3) is 0.408. The van der Waals surface area contributed by atoms with Crippen LogP contribution >= 0.6 is 0 Å². The molecule has 3 rings (SSSR count). The average Bonchev–Trinajstić information content (AvgIpc) is 2.43. The minimum absolute atomic E-state index is 1.06. The monoisotopic (exact) mass is 136 g/mol. The fourth-order valence-electron chi connectivity index (χ4n) is 4.09. The van der Waals surface area contributed by atoms with Gasteiger partial charge in [-0.15, -0.1) is 0 Å². The van der Waals surface area contributed by atoms with Crippen LogP contribution in [0.4, 0.5) is 0 Å². The molecule has 3 aliphatic carbocycles. The standard InChI is InChI=1S/C10H16/c1-5-6(2)9-8-4-3-7(5)10(8)9/h5-10H,3-4H2,1-2H3/t5?,6?,7?,8-,9-,10+/m1/s1. The predicted octanol–water partition coefficient (Wildman–Crippen LogP) is 2.54. The van der Waals surface area contributed by atoms with Gasteiger partial charge in [0.05, 0.1) is 0 Å². The van der Waals surface area contributed by atoms with E-state index in [9.17, 15) is 0 Å². The van der Waals surface area contributed by atoms with E-state index >= 15 is 0 Å². The van der Waals surface area contributed by atoms with Gasteiger partial charge in [-0.2, -0.15) is 0 Å². The summed E-state index contributed by atoms with van der Waals surface area (Å²) in [6.45, 7) is 4.96. The summed E-state index contributed by atoms with van der Waals surface area (Å²) in [5, 5.41) is 0. The number of fused-ring (bicyclic) bond motifs is 1. The van der Waals surface area contributed by atoms with E-state index in [1.165, 1.54) is 17.8 Å². The molecule has 3 saturated carbocycles. The van der Waals surface area contributed by atoms with Gasteiger partial charge in [0.1, 0.15) is 0 Å². The Kier molecular flexibility index (Phi) is 0.810. The second-order valence-electron chi connectivity index (χ2n) is 4.78. The Bertz CT molecular complexity index is 155. The molecule has 3 unspecified atom stereocenters. The zero-order chi connectivity index (χ0) is 6.88. The summed E-state index contributed by atoms with van der Waals surface area (Å²) >= 11 is 0. The number of hydrogen-bond acceptors (Lipinski definition) is 0. The number of rotatable bonds is 0. The fraction of sp³-hybridized carbons (Fsp3) is 1.00. The molecule has 10 heavy (non-hydrogen) atoms. The van der Waals surface area contributed by atoms with Crippen molar-refractivity contribution in [2.75, 3.05) is 0 Å². The van der Waals surface area contributed by atoms with Gasteiger partial charge in [0, 0.05) is 0 Å². The Hall–Kier alpha value is 0. The van der Waals surface area contributed by atoms with Gasteiger partial charge >= 0.3 is 0 Å². The summed E-state index contributed by atoms with van der Waals surface area (Å²) < 4.78 is 0. The summed E-state index contributed by atoms with van der Waals surface area (Å²) in [5.41, 5.74) is 0. The predicted molar refractivity (Wildman–Crippen MR) is 41.5 cm³/mol. The van der Waals surface area contributed by atoms with E-state index in [1.54, 1.807) is 12.8 Å². The molecule has 0 nitrogen and oxygen atoms in total. The highest BCUT2D eigenvalue weighted by atomic mass is 14.7. The van der Waals surface area contributed by atoms with Crippen molar-refractivity contribution in [3.8, 4) is 0 Å². The molecule has 0 saturated heterocycles. The highest BCUT2D eigenvalue weighted by molar-refractivity contribution is 5.14. The lowest BCUT2D eigenvalue weighted by molar-refractivity contribution is 0.315. The van der Waals surface area contributed by atoms with Crippen molar-refractivity contribution < 1.29 is 0 Å². The van der Waals surface area contributed by atoms with Crippen molar-refractivity contribution >= 4 is 0 Å². The Morgan fingerprint density at radius 2 is 1.50 bits per heavy atom. The molecular formula is C10H16. The molecule has 0 aromatic rings. The van der Waals surface area contributed by atoms with Crippen LogP contribution in [0.3, 0.4) is 0 Å². The lowest BCUT2D eigenvalue weighted by Crippen LogP contribution is -2.11. The van der Waals surface area contributed by atoms with Crippen molar-refractivity contribution in [1.29, 1.82) is 0 Å². The van der Waals surface area contributed by atoms with Crippen LogP contribution in [0.25, 0.3) is 0 Å². The van der Waals surface area contributed by atoms with Crippen molar-refractivity contribution in [3.05, 3.63) is 0 Å². The first kappa shape index (κ1) is 5.62. The molecule has 3 fully saturated rings. The molecule has 0 amide bonds. The molecule has 0 heterocycles. The highest BCUT2D eigenvalue weighted by Gasteiger charge is 2.66. The molecule has 56 valence electrons. The van der Waals surface area contributed by atoms with E-state index in [0.29, 0.717) is 0 Å². The Morgan fingerprint density at radius 3 is 2.10 bits per heavy atom. The topological polar surface area (TPSA) is 0 Å². The fourth-order valence-corrected chi connectivity index (χ4v) is 4.09. The Labute approximate surface area is 63.0 Å². The average molecular weight is 136 g/mol. The quantitative estimate of drug-likeness (QED) is 0.480. The molecule has 0 radical (unpaired) electrons. The molecule has 0 heteroatoms. The van der Waals surface area contributed by atoms with E-state index in [2.05, 4.69) is 13.8 Å². The van der Waals surface area contributed by atoms with E-state index in [-0.39, 0.29) is 0 Å². The minimum Gasteiger partial charge on any atom is -0.0620 e. The van der Waals surface area contributed by atoms with Gasteiger partial charge in [0.15, 0.2) is 0 Å². The van der Waals surface area contributed by atoms with Crippen molar-refractivity contribution in [1.82, 2.24) is 0 Å².